The van der Waals surface area contributed by atoms with Crippen molar-refractivity contribution in [3.05, 3.63) is 0 Å². The van der Waals surface area contributed by atoms with Crippen molar-refractivity contribution in [1.82, 2.24) is 0 Å². The Balaban J connectivity index is 2.44. The molecule has 0 radical (unpaired) electrons. The number of aliphatic imine (C=N–C) groups is 1. The largest absolute Gasteiger partial charge is 0.387 e. The number of rotatable bonds is 3. The van der Waals surface area contributed by atoms with Crippen LogP contribution in [0.5, 0.6) is 0 Å². The van der Waals surface area contributed by atoms with Gasteiger partial charge in [-0.05, 0) is 25.2 Å². The van der Waals surface area contributed by atoms with Gasteiger partial charge in [-0.1, -0.05) is 26.7 Å². The lowest BCUT2D eigenvalue weighted by Crippen LogP contribution is -2.24. The van der Waals surface area contributed by atoms with Gasteiger partial charge in [0.1, 0.15) is 0 Å². The molecule has 2 heteroatoms. The Hall–Kier alpha value is -0.530. The molecule has 2 atom stereocenters. The van der Waals surface area contributed by atoms with E-state index in [1.165, 1.54) is 25.7 Å². The lowest BCUT2D eigenvalue weighted by molar-refractivity contribution is 0.332. The fourth-order valence-corrected chi connectivity index (χ4v) is 2.02. The van der Waals surface area contributed by atoms with Crippen molar-refractivity contribution in [3.8, 4) is 0 Å². The van der Waals surface area contributed by atoms with Crippen LogP contribution in [-0.4, -0.2) is 11.9 Å². The van der Waals surface area contributed by atoms with Gasteiger partial charge in [-0.2, -0.15) is 0 Å². The molecule has 0 heterocycles. The molecular formula is C11H22N2. The van der Waals surface area contributed by atoms with Crippen molar-refractivity contribution in [1.29, 1.82) is 0 Å². The van der Waals surface area contributed by atoms with Crippen molar-refractivity contribution in [2.75, 3.05) is 0 Å². The Morgan fingerprint density at radius 1 is 1.38 bits per heavy atom. The molecule has 1 rings (SSSR count). The number of nitrogens with two attached hydrogens (primary N) is 1. The minimum Gasteiger partial charge on any atom is -0.387 e. The summed E-state index contributed by atoms with van der Waals surface area (Å²) in [5.74, 6) is 1.60. The van der Waals surface area contributed by atoms with Crippen molar-refractivity contribution in [3.63, 3.8) is 0 Å². The average Bonchev–Trinajstić information content (AvgIpc) is 2.09. The molecule has 2 N–H and O–H groups in total. The van der Waals surface area contributed by atoms with Crippen molar-refractivity contribution < 1.29 is 0 Å². The maximum absolute atomic E-state index is 5.83. The Kier molecular flexibility index (Phi) is 4.26. The molecule has 1 saturated carbocycles. The molecule has 0 aromatic rings. The van der Waals surface area contributed by atoms with Gasteiger partial charge < -0.3 is 5.73 Å². The SMILES string of the molecule is CCCC(N)=NC1CCCCC1C. The van der Waals surface area contributed by atoms with E-state index in [9.17, 15) is 0 Å². The summed E-state index contributed by atoms with van der Waals surface area (Å²) < 4.78 is 0. The molecular weight excluding hydrogens is 160 g/mol. The molecule has 0 amide bonds. The molecule has 0 aliphatic heterocycles. The first-order valence-electron chi connectivity index (χ1n) is 5.56. The predicted molar refractivity (Wildman–Crippen MR) is 58.0 cm³/mol. The van der Waals surface area contributed by atoms with Crippen molar-refractivity contribution in [2.45, 2.75) is 58.4 Å². The van der Waals surface area contributed by atoms with Crippen LogP contribution in [0.2, 0.25) is 0 Å². The lowest BCUT2D eigenvalue weighted by Gasteiger charge is -2.25. The monoisotopic (exact) mass is 182 g/mol. The summed E-state index contributed by atoms with van der Waals surface area (Å²) in [6.07, 6.45) is 7.34. The Morgan fingerprint density at radius 2 is 2.08 bits per heavy atom. The highest BCUT2D eigenvalue weighted by atomic mass is 14.9. The molecule has 1 aliphatic rings. The van der Waals surface area contributed by atoms with E-state index in [2.05, 4.69) is 18.8 Å². The van der Waals surface area contributed by atoms with Crippen LogP contribution in [0.15, 0.2) is 4.99 Å². The third kappa shape index (κ3) is 3.37. The van der Waals surface area contributed by atoms with Crippen LogP contribution in [0.3, 0.4) is 0 Å². The van der Waals surface area contributed by atoms with Crippen LogP contribution in [0, 0.1) is 5.92 Å². The smallest absolute Gasteiger partial charge is 0.0940 e. The van der Waals surface area contributed by atoms with E-state index >= 15 is 0 Å². The van der Waals surface area contributed by atoms with Crippen LogP contribution in [-0.2, 0) is 0 Å². The second kappa shape index (κ2) is 5.25. The maximum atomic E-state index is 5.83. The van der Waals surface area contributed by atoms with Gasteiger partial charge in [0, 0.05) is 6.42 Å². The first kappa shape index (κ1) is 10.6. The first-order chi connectivity index (χ1) is 6.24. The summed E-state index contributed by atoms with van der Waals surface area (Å²) in [7, 11) is 0. The summed E-state index contributed by atoms with van der Waals surface area (Å²) in [6, 6.07) is 0.514. The van der Waals surface area contributed by atoms with E-state index in [-0.39, 0.29) is 0 Å². The minimum atomic E-state index is 0.514. The number of hydrogen-bond acceptors (Lipinski definition) is 1. The van der Waals surface area contributed by atoms with Crippen molar-refractivity contribution in [2.24, 2.45) is 16.6 Å². The van der Waals surface area contributed by atoms with E-state index in [4.69, 9.17) is 5.73 Å². The summed E-state index contributed by atoms with van der Waals surface area (Å²) in [6.45, 7) is 4.44. The summed E-state index contributed by atoms with van der Waals surface area (Å²) in [4.78, 5) is 4.60. The highest BCUT2D eigenvalue weighted by molar-refractivity contribution is 5.80. The van der Waals surface area contributed by atoms with Gasteiger partial charge in [-0.15, -0.1) is 0 Å². The molecule has 0 aromatic carbocycles. The second-order valence-corrected chi connectivity index (χ2v) is 4.20. The average molecular weight is 182 g/mol. The van der Waals surface area contributed by atoms with Crippen LogP contribution in [0.25, 0.3) is 0 Å². The second-order valence-electron chi connectivity index (χ2n) is 4.20. The Labute approximate surface area is 81.6 Å². The number of amidine groups is 1. The van der Waals surface area contributed by atoms with E-state index in [0.29, 0.717) is 6.04 Å². The standard InChI is InChI=1S/C11H22N2/c1-3-6-11(12)13-10-8-5-4-7-9(10)2/h9-10H,3-8H2,1-2H3,(H2,12,13). The fraction of sp³-hybridized carbons (Fsp3) is 0.909. The van der Waals surface area contributed by atoms with Gasteiger partial charge in [0.25, 0.3) is 0 Å². The van der Waals surface area contributed by atoms with Gasteiger partial charge in [-0.25, -0.2) is 0 Å². The zero-order valence-corrected chi connectivity index (χ0v) is 8.92. The molecule has 1 fully saturated rings. The maximum Gasteiger partial charge on any atom is 0.0940 e. The molecule has 2 nitrogen and oxygen atoms in total. The van der Waals surface area contributed by atoms with Crippen LogP contribution >= 0.6 is 0 Å². The van der Waals surface area contributed by atoms with E-state index in [0.717, 1.165) is 24.6 Å². The fourth-order valence-electron chi connectivity index (χ4n) is 2.02. The zero-order chi connectivity index (χ0) is 9.68. The van der Waals surface area contributed by atoms with E-state index in [1.54, 1.807) is 0 Å². The topological polar surface area (TPSA) is 38.4 Å². The van der Waals surface area contributed by atoms with Gasteiger partial charge in [0.15, 0.2) is 0 Å². The molecule has 0 spiro atoms. The molecule has 76 valence electrons. The van der Waals surface area contributed by atoms with Gasteiger partial charge in [-0.3, -0.25) is 4.99 Å². The highest BCUT2D eigenvalue weighted by Crippen LogP contribution is 2.26. The molecule has 13 heavy (non-hydrogen) atoms. The predicted octanol–water partition coefficient (Wildman–Crippen LogP) is 2.72. The summed E-state index contributed by atoms with van der Waals surface area (Å²) >= 11 is 0. The van der Waals surface area contributed by atoms with Gasteiger partial charge in [0.2, 0.25) is 0 Å². The number of nitrogens with zero attached hydrogens (tertiary/aromatic N) is 1. The molecule has 0 bridgehead atoms. The van der Waals surface area contributed by atoms with Crippen LogP contribution in [0.1, 0.15) is 52.4 Å². The highest BCUT2D eigenvalue weighted by Gasteiger charge is 2.20. The van der Waals surface area contributed by atoms with Crippen molar-refractivity contribution >= 4 is 5.84 Å². The van der Waals surface area contributed by atoms with E-state index in [1.807, 2.05) is 0 Å². The third-order valence-electron chi connectivity index (χ3n) is 2.90. The van der Waals surface area contributed by atoms with Gasteiger partial charge in [0.05, 0.1) is 11.9 Å². The minimum absolute atomic E-state index is 0.514. The Bertz CT molecular complexity index is 175. The van der Waals surface area contributed by atoms with E-state index < -0.39 is 0 Å². The molecule has 2 unspecified atom stereocenters. The lowest BCUT2D eigenvalue weighted by atomic mass is 9.86. The number of hydrogen-bond donors (Lipinski definition) is 1. The molecule has 1 aliphatic carbocycles. The molecule has 0 saturated heterocycles. The Morgan fingerprint density at radius 3 is 2.69 bits per heavy atom. The van der Waals surface area contributed by atoms with Gasteiger partial charge >= 0.3 is 0 Å². The summed E-state index contributed by atoms with van der Waals surface area (Å²) in [5.41, 5.74) is 5.83. The summed E-state index contributed by atoms with van der Waals surface area (Å²) in [5, 5.41) is 0. The molecule has 0 aromatic heterocycles. The normalized spacial score (nSPS) is 30.5. The zero-order valence-electron chi connectivity index (χ0n) is 8.92. The van der Waals surface area contributed by atoms with Crippen LogP contribution < -0.4 is 5.73 Å². The quantitative estimate of drug-likeness (QED) is 0.529. The van der Waals surface area contributed by atoms with Crippen LogP contribution in [0.4, 0.5) is 0 Å². The first-order valence-corrected chi connectivity index (χ1v) is 5.56. The third-order valence-corrected chi connectivity index (χ3v) is 2.90.